The first-order valence-corrected chi connectivity index (χ1v) is 6.68. The van der Waals surface area contributed by atoms with E-state index >= 15 is 0 Å². The molecule has 2 rings (SSSR count). The number of hydrogen-bond donors (Lipinski definition) is 1. The van der Waals surface area contributed by atoms with Gasteiger partial charge in [-0.3, -0.25) is 0 Å². The van der Waals surface area contributed by atoms with E-state index in [0.29, 0.717) is 0 Å². The topological polar surface area (TPSA) is 12.0 Å². The summed E-state index contributed by atoms with van der Waals surface area (Å²) in [5.74, 6) is -0.132. The Hall–Kier alpha value is -1.67. The molecular formula is C17H20FN. The van der Waals surface area contributed by atoms with Crippen molar-refractivity contribution in [2.75, 3.05) is 6.54 Å². The van der Waals surface area contributed by atoms with Crippen molar-refractivity contribution in [3.8, 4) is 0 Å². The fourth-order valence-corrected chi connectivity index (χ4v) is 2.53. The first-order valence-electron chi connectivity index (χ1n) is 6.68. The lowest BCUT2D eigenvalue weighted by Gasteiger charge is -2.22. The minimum absolute atomic E-state index is 0.0909. The molecule has 1 unspecified atom stereocenters. The molecule has 0 aliphatic heterocycles. The maximum absolute atomic E-state index is 14.3. The predicted octanol–water partition coefficient (Wildman–Crippen LogP) is 4.14. The molecule has 0 saturated heterocycles. The zero-order chi connectivity index (χ0) is 13.8. The van der Waals surface area contributed by atoms with Gasteiger partial charge in [-0.05, 0) is 43.1 Å². The molecular weight excluding hydrogens is 237 g/mol. The summed E-state index contributed by atoms with van der Waals surface area (Å²) in [6.45, 7) is 6.73. The van der Waals surface area contributed by atoms with E-state index in [4.69, 9.17) is 0 Å². The Morgan fingerprint density at radius 3 is 2.37 bits per heavy atom. The van der Waals surface area contributed by atoms with Crippen LogP contribution in [0.25, 0.3) is 0 Å². The largest absolute Gasteiger partial charge is 0.306 e. The Morgan fingerprint density at radius 1 is 1.11 bits per heavy atom. The molecule has 2 heteroatoms. The van der Waals surface area contributed by atoms with Crippen molar-refractivity contribution in [1.82, 2.24) is 5.32 Å². The number of hydrogen-bond acceptors (Lipinski definition) is 1. The molecule has 0 fully saturated rings. The normalized spacial score (nSPS) is 12.4. The molecule has 2 aromatic carbocycles. The average molecular weight is 257 g/mol. The Labute approximate surface area is 114 Å². The third-order valence-corrected chi connectivity index (χ3v) is 3.31. The summed E-state index contributed by atoms with van der Waals surface area (Å²) < 4.78 is 14.3. The van der Waals surface area contributed by atoms with Gasteiger partial charge < -0.3 is 5.32 Å². The van der Waals surface area contributed by atoms with Crippen LogP contribution in [-0.2, 0) is 0 Å². The van der Waals surface area contributed by atoms with Crippen LogP contribution in [0.2, 0.25) is 0 Å². The lowest BCUT2D eigenvalue weighted by atomic mass is 9.93. The molecule has 1 nitrogen and oxygen atoms in total. The Kier molecular flexibility index (Phi) is 4.33. The lowest BCUT2D eigenvalue weighted by Crippen LogP contribution is -2.24. The highest BCUT2D eigenvalue weighted by molar-refractivity contribution is 5.40. The van der Waals surface area contributed by atoms with Crippen molar-refractivity contribution in [3.63, 3.8) is 0 Å². The molecule has 19 heavy (non-hydrogen) atoms. The fraction of sp³-hybridized carbons (Fsp3) is 0.294. The molecule has 0 radical (unpaired) electrons. The second kappa shape index (κ2) is 5.98. The van der Waals surface area contributed by atoms with E-state index in [1.54, 1.807) is 6.07 Å². The van der Waals surface area contributed by atoms with Gasteiger partial charge in [-0.1, -0.05) is 43.3 Å². The summed E-state index contributed by atoms with van der Waals surface area (Å²) in [6.07, 6.45) is 0. The van der Waals surface area contributed by atoms with E-state index in [1.165, 1.54) is 0 Å². The zero-order valence-electron chi connectivity index (χ0n) is 11.7. The summed E-state index contributed by atoms with van der Waals surface area (Å²) in [5, 5.41) is 3.38. The predicted molar refractivity (Wildman–Crippen MR) is 77.8 cm³/mol. The minimum atomic E-state index is -0.132. The van der Waals surface area contributed by atoms with Crippen LogP contribution >= 0.6 is 0 Å². The summed E-state index contributed by atoms with van der Waals surface area (Å²) >= 11 is 0. The SMILES string of the molecule is CCNC(c1ccccc1)c1c(C)cc(C)cc1F. The maximum atomic E-state index is 14.3. The quantitative estimate of drug-likeness (QED) is 0.868. The van der Waals surface area contributed by atoms with Crippen LogP contribution in [0, 0.1) is 19.7 Å². The number of halogens is 1. The summed E-state index contributed by atoms with van der Waals surface area (Å²) in [6, 6.07) is 13.6. The summed E-state index contributed by atoms with van der Waals surface area (Å²) in [5.41, 5.74) is 3.79. The fourth-order valence-electron chi connectivity index (χ4n) is 2.53. The van der Waals surface area contributed by atoms with Crippen LogP contribution in [0.15, 0.2) is 42.5 Å². The molecule has 100 valence electrons. The third-order valence-electron chi connectivity index (χ3n) is 3.31. The highest BCUT2D eigenvalue weighted by Crippen LogP contribution is 2.28. The second-order valence-electron chi connectivity index (χ2n) is 4.88. The zero-order valence-corrected chi connectivity index (χ0v) is 11.7. The number of nitrogens with one attached hydrogen (secondary N) is 1. The van der Waals surface area contributed by atoms with Gasteiger partial charge in [0.2, 0.25) is 0 Å². The standard InChI is InChI=1S/C17H20FN/c1-4-19-17(14-8-6-5-7-9-14)16-13(3)10-12(2)11-15(16)18/h5-11,17,19H,4H2,1-3H3. The van der Waals surface area contributed by atoms with Crippen molar-refractivity contribution in [2.24, 2.45) is 0 Å². The van der Waals surface area contributed by atoms with Crippen molar-refractivity contribution in [1.29, 1.82) is 0 Å². The molecule has 2 aromatic rings. The third kappa shape index (κ3) is 3.02. The van der Waals surface area contributed by atoms with E-state index in [0.717, 1.165) is 28.8 Å². The van der Waals surface area contributed by atoms with Crippen molar-refractivity contribution in [3.05, 3.63) is 70.5 Å². The van der Waals surface area contributed by atoms with Gasteiger partial charge in [0.1, 0.15) is 5.82 Å². The van der Waals surface area contributed by atoms with Gasteiger partial charge >= 0.3 is 0 Å². The maximum Gasteiger partial charge on any atom is 0.128 e. The smallest absolute Gasteiger partial charge is 0.128 e. The molecule has 0 aliphatic rings. The monoisotopic (exact) mass is 257 g/mol. The van der Waals surface area contributed by atoms with E-state index in [9.17, 15) is 4.39 Å². The van der Waals surface area contributed by atoms with E-state index in [-0.39, 0.29) is 11.9 Å². The second-order valence-corrected chi connectivity index (χ2v) is 4.88. The molecule has 0 bridgehead atoms. The van der Waals surface area contributed by atoms with E-state index in [2.05, 4.69) is 5.32 Å². The number of benzene rings is 2. The Morgan fingerprint density at radius 2 is 1.79 bits per heavy atom. The Balaban J connectivity index is 2.51. The highest BCUT2D eigenvalue weighted by Gasteiger charge is 2.19. The van der Waals surface area contributed by atoms with Crippen molar-refractivity contribution >= 4 is 0 Å². The van der Waals surface area contributed by atoms with Gasteiger partial charge in [0.05, 0.1) is 6.04 Å². The molecule has 0 aliphatic carbocycles. The van der Waals surface area contributed by atoms with Crippen LogP contribution in [0.3, 0.4) is 0 Å². The molecule has 1 atom stereocenters. The van der Waals surface area contributed by atoms with Gasteiger partial charge in [-0.25, -0.2) is 4.39 Å². The first kappa shape index (κ1) is 13.8. The molecule has 0 spiro atoms. The van der Waals surface area contributed by atoms with E-state index in [1.807, 2.05) is 57.2 Å². The summed E-state index contributed by atoms with van der Waals surface area (Å²) in [7, 11) is 0. The van der Waals surface area contributed by atoms with Gasteiger partial charge in [-0.2, -0.15) is 0 Å². The first-order chi connectivity index (χ1) is 9.13. The molecule has 0 amide bonds. The number of rotatable bonds is 4. The molecule has 1 N–H and O–H groups in total. The molecule has 0 aromatic heterocycles. The molecule has 0 heterocycles. The highest BCUT2D eigenvalue weighted by atomic mass is 19.1. The lowest BCUT2D eigenvalue weighted by molar-refractivity contribution is 0.555. The summed E-state index contributed by atoms with van der Waals surface area (Å²) in [4.78, 5) is 0. The minimum Gasteiger partial charge on any atom is -0.306 e. The van der Waals surface area contributed by atoms with Gasteiger partial charge in [0.15, 0.2) is 0 Å². The van der Waals surface area contributed by atoms with Gasteiger partial charge in [0, 0.05) is 5.56 Å². The van der Waals surface area contributed by atoms with Crippen LogP contribution in [-0.4, -0.2) is 6.54 Å². The average Bonchev–Trinajstić information content (AvgIpc) is 2.37. The van der Waals surface area contributed by atoms with Crippen LogP contribution < -0.4 is 5.32 Å². The van der Waals surface area contributed by atoms with Crippen LogP contribution in [0.1, 0.15) is 35.2 Å². The van der Waals surface area contributed by atoms with Gasteiger partial charge in [0.25, 0.3) is 0 Å². The van der Waals surface area contributed by atoms with E-state index < -0.39 is 0 Å². The van der Waals surface area contributed by atoms with Crippen LogP contribution in [0.5, 0.6) is 0 Å². The van der Waals surface area contributed by atoms with Crippen LogP contribution in [0.4, 0.5) is 4.39 Å². The van der Waals surface area contributed by atoms with Crippen molar-refractivity contribution < 1.29 is 4.39 Å². The Bertz CT molecular complexity index is 525. The molecule has 0 saturated carbocycles. The van der Waals surface area contributed by atoms with Gasteiger partial charge in [-0.15, -0.1) is 0 Å². The number of aryl methyl sites for hydroxylation is 2. The van der Waals surface area contributed by atoms with Crippen molar-refractivity contribution in [2.45, 2.75) is 26.8 Å².